The number of aromatic nitrogens is 7. The van der Waals surface area contributed by atoms with Crippen LogP contribution < -0.4 is 9.47 Å². The van der Waals surface area contributed by atoms with Gasteiger partial charge in [-0.15, -0.1) is 0 Å². The zero-order valence-corrected chi connectivity index (χ0v) is 26.1. The topological polar surface area (TPSA) is 116 Å². The van der Waals surface area contributed by atoms with E-state index in [0.29, 0.717) is 46.3 Å². The molecule has 5 aromatic rings. The van der Waals surface area contributed by atoms with E-state index in [1.807, 2.05) is 30.2 Å². The van der Waals surface area contributed by atoms with Gasteiger partial charge in [0.1, 0.15) is 17.0 Å². The second-order valence-corrected chi connectivity index (χ2v) is 12.7. The van der Waals surface area contributed by atoms with Crippen LogP contribution in [0.3, 0.4) is 0 Å². The van der Waals surface area contributed by atoms with Gasteiger partial charge in [-0.1, -0.05) is 23.7 Å². The van der Waals surface area contributed by atoms with Crippen molar-refractivity contribution in [2.75, 3.05) is 19.7 Å². The Kier molecular flexibility index (Phi) is 7.33. The average molecular weight is 667 g/mol. The summed E-state index contributed by atoms with van der Waals surface area (Å²) in [7, 11) is 0. The molecule has 4 aromatic heterocycles. The molecule has 8 rings (SSSR count). The highest BCUT2D eigenvalue weighted by molar-refractivity contribution is 6.30. The number of likely N-dealkylation sites (tertiary alicyclic amines) is 1. The summed E-state index contributed by atoms with van der Waals surface area (Å²) in [6.07, 6.45) is 1.29. The molecule has 244 valence electrons. The van der Waals surface area contributed by atoms with Crippen LogP contribution in [0, 0.1) is 0 Å². The number of pyridine rings is 2. The quantitative estimate of drug-likeness (QED) is 0.220. The first-order valence-electron chi connectivity index (χ1n) is 15.4. The number of nitrogens with zero attached hydrogens (tertiary/aromatic N) is 7. The van der Waals surface area contributed by atoms with Gasteiger partial charge in [0.2, 0.25) is 5.82 Å². The summed E-state index contributed by atoms with van der Waals surface area (Å²) in [5, 5.41) is 6.26. The molecule has 11 nitrogen and oxygen atoms in total. The van der Waals surface area contributed by atoms with E-state index in [-0.39, 0.29) is 17.8 Å². The van der Waals surface area contributed by atoms with Crippen molar-refractivity contribution >= 4 is 22.8 Å². The molecule has 2 saturated heterocycles. The summed E-state index contributed by atoms with van der Waals surface area (Å²) in [6, 6.07) is 11.3. The van der Waals surface area contributed by atoms with Crippen LogP contribution in [0.25, 0.3) is 22.6 Å². The van der Waals surface area contributed by atoms with Crippen molar-refractivity contribution < 1.29 is 27.4 Å². The highest BCUT2D eigenvalue weighted by Crippen LogP contribution is 2.49. The molecule has 0 bridgehead atoms. The normalized spacial score (nSPS) is 21.8. The molecule has 0 aliphatic carbocycles. The number of hydrogen-bond acceptors (Lipinski definition) is 9. The van der Waals surface area contributed by atoms with E-state index in [1.165, 1.54) is 6.20 Å². The second kappa shape index (κ2) is 11.5. The summed E-state index contributed by atoms with van der Waals surface area (Å²) in [6.45, 7) is 5.45. The van der Waals surface area contributed by atoms with Crippen LogP contribution in [0.15, 0.2) is 48.8 Å². The summed E-state index contributed by atoms with van der Waals surface area (Å²) < 4.78 is 59.8. The Balaban J connectivity index is 0.996. The predicted molar refractivity (Wildman–Crippen MR) is 164 cm³/mol. The number of imidazole rings is 1. The molecular weight excluding hydrogens is 637 g/mol. The van der Waals surface area contributed by atoms with Crippen molar-refractivity contribution in [1.82, 2.24) is 39.6 Å². The Hall–Kier alpha value is -4.27. The zero-order valence-electron chi connectivity index (χ0n) is 25.3. The highest BCUT2D eigenvalue weighted by Gasteiger charge is 2.42. The number of alkyl halides is 3. The van der Waals surface area contributed by atoms with E-state index in [2.05, 4.69) is 35.6 Å². The van der Waals surface area contributed by atoms with Crippen molar-refractivity contribution in [3.05, 3.63) is 76.7 Å². The first-order chi connectivity index (χ1) is 22.6. The van der Waals surface area contributed by atoms with Crippen LogP contribution >= 0.6 is 11.6 Å². The fourth-order valence-electron chi connectivity index (χ4n) is 6.46. The number of nitrogens with one attached hydrogen (secondary N) is 1. The lowest BCUT2D eigenvalue weighted by Crippen LogP contribution is -2.35. The molecule has 0 saturated carbocycles. The average Bonchev–Trinajstić information content (AvgIpc) is 3.75. The van der Waals surface area contributed by atoms with Gasteiger partial charge in [-0.3, -0.25) is 15.0 Å². The Labute approximate surface area is 272 Å². The molecule has 3 aliphatic rings. The van der Waals surface area contributed by atoms with E-state index in [0.717, 1.165) is 56.1 Å². The number of rotatable bonds is 7. The number of fused-ring (bicyclic) bond motifs is 2. The number of aromatic amines is 1. The Morgan fingerprint density at radius 1 is 1.04 bits per heavy atom. The van der Waals surface area contributed by atoms with E-state index in [4.69, 9.17) is 30.8 Å². The number of benzene rings is 1. The van der Waals surface area contributed by atoms with Gasteiger partial charge < -0.3 is 18.8 Å². The van der Waals surface area contributed by atoms with Gasteiger partial charge >= 0.3 is 6.18 Å². The second-order valence-electron chi connectivity index (χ2n) is 12.2. The Bertz CT molecular complexity index is 1940. The van der Waals surface area contributed by atoms with Crippen molar-refractivity contribution in [3.8, 4) is 22.9 Å². The molecule has 7 heterocycles. The predicted octanol–water partition coefficient (Wildman–Crippen LogP) is 6.10. The van der Waals surface area contributed by atoms with Crippen LogP contribution in [0.4, 0.5) is 13.2 Å². The maximum atomic E-state index is 13.1. The molecular formula is C32H30ClF3N8O3. The van der Waals surface area contributed by atoms with E-state index in [9.17, 15) is 13.2 Å². The van der Waals surface area contributed by atoms with Crippen molar-refractivity contribution in [2.24, 2.45) is 0 Å². The maximum absolute atomic E-state index is 13.1. The van der Waals surface area contributed by atoms with E-state index < -0.39 is 17.8 Å². The SMILES string of the molecule is C[C@]1(c2ccc(Cl)cn2)Oc2cccc(C3CCN(Cc4nc5cc(-c6n[nH]c(C(F)(F)F)n6)cnc5n4C[C@@H]4CCO4)CC3)c2O1. The minimum atomic E-state index is -4.62. The third kappa shape index (κ3) is 5.68. The van der Waals surface area contributed by atoms with Crippen LogP contribution in [-0.4, -0.2) is 65.4 Å². The number of hydrogen-bond donors (Lipinski definition) is 1. The molecule has 0 amide bonds. The molecule has 0 radical (unpaired) electrons. The minimum absolute atomic E-state index is 0.0665. The first-order valence-corrected chi connectivity index (χ1v) is 15.8. The van der Waals surface area contributed by atoms with Crippen molar-refractivity contribution in [3.63, 3.8) is 0 Å². The molecule has 15 heteroatoms. The fraction of sp³-hybridized carbons (Fsp3) is 0.406. The lowest BCUT2D eigenvalue weighted by molar-refractivity contribution is -0.144. The summed E-state index contributed by atoms with van der Waals surface area (Å²) in [5.74, 6) is 0.267. The van der Waals surface area contributed by atoms with Gasteiger partial charge in [0.15, 0.2) is 23.0 Å². The molecule has 3 aliphatic heterocycles. The third-order valence-corrected chi connectivity index (χ3v) is 9.28. The summed E-state index contributed by atoms with van der Waals surface area (Å²) >= 11 is 6.05. The number of piperidine rings is 1. The number of halogens is 4. The van der Waals surface area contributed by atoms with Gasteiger partial charge in [-0.2, -0.15) is 18.3 Å². The fourth-order valence-corrected chi connectivity index (χ4v) is 6.57. The van der Waals surface area contributed by atoms with Gasteiger partial charge in [0.05, 0.1) is 24.2 Å². The van der Waals surface area contributed by atoms with E-state index in [1.54, 1.807) is 18.3 Å². The summed E-state index contributed by atoms with van der Waals surface area (Å²) in [4.78, 5) is 19.9. The lowest BCUT2D eigenvalue weighted by Gasteiger charge is -2.33. The molecule has 1 aromatic carbocycles. The van der Waals surface area contributed by atoms with Gasteiger partial charge in [0, 0.05) is 37.1 Å². The monoisotopic (exact) mass is 666 g/mol. The highest BCUT2D eigenvalue weighted by atomic mass is 35.5. The number of ether oxygens (including phenoxy) is 3. The molecule has 2 atom stereocenters. The van der Waals surface area contributed by atoms with E-state index >= 15 is 0 Å². The van der Waals surface area contributed by atoms with Crippen molar-refractivity contribution in [1.29, 1.82) is 0 Å². The molecule has 1 N–H and O–H groups in total. The molecule has 2 fully saturated rings. The number of para-hydroxylation sites is 1. The Morgan fingerprint density at radius 3 is 2.57 bits per heavy atom. The maximum Gasteiger partial charge on any atom is 0.451 e. The first kappa shape index (κ1) is 30.1. The molecule has 0 unspecified atom stereocenters. The standard InChI is InChI=1S/C32H30ClF3N8O3/c1-31(25-6-5-20(33)15-37-25)46-24-4-2-3-22(27(24)47-31)18-7-10-43(11-8-18)17-26-39-23-13-19(28-40-30(42-41-28)32(34,35)36)14-38-29(23)44(26)16-21-9-12-45-21/h2-6,13-15,18,21H,7-12,16-17H2,1H3,(H,40,41,42)/t21-,31-/m0/s1. The van der Waals surface area contributed by atoms with Crippen LogP contribution in [0.1, 0.15) is 55.0 Å². The zero-order chi connectivity index (χ0) is 32.3. The van der Waals surface area contributed by atoms with Crippen LogP contribution in [-0.2, 0) is 29.8 Å². The lowest BCUT2D eigenvalue weighted by atomic mass is 9.88. The van der Waals surface area contributed by atoms with Crippen LogP contribution in [0.5, 0.6) is 11.5 Å². The molecule has 47 heavy (non-hydrogen) atoms. The largest absolute Gasteiger partial charge is 0.451 e. The number of H-pyrrole nitrogens is 1. The van der Waals surface area contributed by atoms with Gasteiger partial charge in [-0.25, -0.2) is 15.0 Å². The van der Waals surface area contributed by atoms with Gasteiger partial charge in [0.25, 0.3) is 5.79 Å². The smallest absolute Gasteiger partial charge is 0.443 e. The van der Waals surface area contributed by atoms with Gasteiger partial charge in [-0.05, 0) is 62.5 Å². The summed E-state index contributed by atoms with van der Waals surface area (Å²) in [5.41, 5.74) is 3.33. The van der Waals surface area contributed by atoms with Crippen molar-refractivity contribution in [2.45, 2.75) is 63.3 Å². The Morgan fingerprint density at radius 2 is 1.87 bits per heavy atom. The third-order valence-electron chi connectivity index (χ3n) is 9.05. The minimum Gasteiger partial charge on any atom is -0.443 e. The van der Waals surface area contributed by atoms with Crippen LogP contribution in [0.2, 0.25) is 5.02 Å². The molecule has 0 spiro atoms.